The predicted octanol–water partition coefficient (Wildman–Crippen LogP) is 0.300. The lowest BCUT2D eigenvalue weighted by molar-refractivity contribution is 0.782. The van der Waals surface area contributed by atoms with Gasteiger partial charge in [0, 0.05) is 13.0 Å². The zero-order chi connectivity index (χ0) is 6.53. The minimum atomic E-state index is 0.978. The van der Waals surface area contributed by atoms with E-state index < -0.39 is 0 Å². The number of hydrogen-bond acceptors (Lipinski definition) is 4. The van der Waals surface area contributed by atoms with Crippen molar-refractivity contribution in [2.24, 2.45) is 0 Å². The first kappa shape index (κ1) is 6.64. The van der Waals surface area contributed by atoms with Crippen LogP contribution in [0, 0.1) is 0 Å². The molecule has 1 N–H and O–H groups in total. The summed E-state index contributed by atoms with van der Waals surface area (Å²) in [7, 11) is 1.93. The standard InChI is InChI=1S/C5H9N3S/c1-6-3-2-5-4-7-9-8-5/h4,6H,2-3H2,1H3. The summed E-state index contributed by atoms with van der Waals surface area (Å²) < 4.78 is 7.92. The molecule has 1 heterocycles. The summed E-state index contributed by atoms with van der Waals surface area (Å²) in [5.41, 5.74) is 1.08. The second-order valence-corrected chi connectivity index (χ2v) is 2.31. The Hall–Kier alpha value is -0.480. The van der Waals surface area contributed by atoms with Gasteiger partial charge < -0.3 is 5.32 Å². The summed E-state index contributed by atoms with van der Waals surface area (Å²) in [5, 5.41) is 3.04. The molecule has 0 saturated carbocycles. The van der Waals surface area contributed by atoms with E-state index in [-0.39, 0.29) is 0 Å². The van der Waals surface area contributed by atoms with Gasteiger partial charge in [-0.05, 0) is 7.05 Å². The van der Waals surface area contributed by atoms with E-state index in [9.17, 15) is 0 Å². The highest BCUT2D eigenvalue weighted by Crippen LogP contribution is 1.93. The molecule has 0 fully saturated rings. The molecular weight excluding hydrogens is 134 g/mol. The second kappa shape index (κ2) is 3.53. The highest BCUT2D eigenvalue weighted by atomic mass is 32.1. The first-order valence-corrected chi connectivity index (χ1v) is 3.57. The van der Waals surface area contributed by atoms with Crippen molar-refractivity contribution in [3.8, 4) is 0 Å². The third-order valence-corrected chi connectivity index (χ3v) is 1.55. The number of hydrogen-bond donors (Lipinski definition) is 1. The van der Waals surface area contributed by atoms with E-state index in [0.29, 0.717) is 0 Å². The van der Waals surface area contributed by atoms with Gasteiger partial charge in [-0.3, -0.25) is 0 Å². The molecule has 1 aromatic heterocycles. The van der Waals surface area contributed by atoms with Crippen LogP contribution in [0.15, 0.2) is 6.20 Å². The normalized spacial score (nSPS) is 9.89. The summed E-state index contributed by atoms with van der Waals surface area (Å²) in [6.07, 6.45) is 2.79. The summed E-state index contributed by atoms with van der Waals surface area (Å²) in [6.45, 7) is 0.978. The topological polar surface area (TPSA) is 37.8 Å². The van der Waals surface area contributed by atoms with Crippen molar-refractivity contribution in [2.45, 2.75) is 6.42 Å². The SMILES string of the molecule is CNCCc1cnsn1. The summed E-state index contributed by atoms with van der Waals surface area (Å²) in [6, 6.07) is 0. The van der Waals surface area contributed by atoms with E-state index in [0.717, 1.165) is 18.7 Å². The van der Waals surface area contributed by atoms with E-state index in [4.69, 9.17) is 0 Å². The lowest BCUT2D eigenvalue weighted by atomic mass is 10.3. The molecule has 0 aromatic carbocycles. The number of aromatic nitrogens is 2. The van der Waals surface area contributed by atoms with Crippen molar-refractivity contribution in [1.82, 2.24) is 14.1 Å². The molecule has 0 aliphatic heterocycles. The molecule has 0 radical (unpaired) electrons. The molecule has 0 saturated heterocycles. The maximum absolute atomic E-state index is 4.04. The van der Waals surface area contributed by atoms with Crippen LogP contribution in [0.1, 0.15) is 5.69 Å². The van der Waals surface area contributed by atoms with Gasteiger partial charge >= 0.3 is 0 Å². The smallest absolute Gasteiger partial charge is 0.0755 e. The van der Waals surface area contributed by atoms with Crippen LogP contribution in [0.3, 0.4) is 0 Å². The maximum Gasteiger partial charge on any atom is 0.0755 e. The Morgan fingerprint density at radius 2 is 2.67 bits per heavy atom. The fourth-order valence-corrected chi connectivity index (χ4v) is 1.01. The van der Waals surface area contributed by atoms with E-state index >= 15 is 0 Å². The predicted molar refractivity (Wildman–Crippen MR) is 37.5 cm³/mol. The molecule has 4 heteroatoms. The molecule has 3 nitrogen and oxygen atoms in total. The van der Waals surface area contributed by atoms with Crippen LogP contribution in [0.5, 0.6) is 0 Å². The number of rotatable bonds is 3. The van der Waals surface area contributed by atoms with E-state index in [2.05, 4.69) is 14.1 Å². The minimum Gasteiger partial charge on any atom is -0.319 e. The van der Waals surface area contributed by atoms with Gasteiger partial charge in [0.05, 0.1) is 23.6 Å². The van der Waals surface area contributed by atoms with E-state index in [1.54, 1.807) is 0 Å². The number of likely N-dealkylation sites (N-methyl/N-ethyl adjacent to an activating group) is 1. The lowest BCUT2D eigenvalue weighted by Gasteiger charge is -1.91. The number of nitrogens with zero attached hydrogens (tertiary/aromatic N) is 2. The average Bonchev–Trinajstić information content (AvgIpc) is 2.34. The van der Waals surface area contributed by atoms with Crippen LogP contribution in [-0.4, -0.2) is 22.3 Å². The molecular formula is C5H9N3S. The fraction of sp³-hybridized carbons (Fsp3) is 0.600. The molecule has 0 aliphatic rings. The number of nitrogens with one attached hydrogen (secondary N) is 1. The lowest BCUT2D eigenvalue weighted by Crippen LogP contribution is -2.10. The van der Waals surface area contributed by atoms with E-state index in [1.807, 2.05) is 13.2 Å². The first-order valence-electron chi connectivity index (χ1n) is 2.84. The average molecular weight is 143 g/mol. The Kier molecular flexibility index (Phi) is 2.60. The Balaban J connectivity index is 2.30. The molecule has 9 heavy (non-hydrogen) atoms. The summed E-state index contributed by atoms with van der Waals surface area (Å²) in [4.78, 5) is 0. The minimum absolute atomic E-state index is 0.978. The van der Waals surface area contributed by atoms with Gasteiger partial charge in [0.25, 0.3) is 0 Å². The molecule has 0 amide bonds. The van der Waals surface area contributed by atoms with Crippen molar-refractivity contribution in [2.75, 3.05) is 13.6 Å². The fourth-order valence-electron chi connectivity index (χ4n) is 0.547. The Labute approximate surface area is 58.4 Å². The molecule has 1 aromatic rings. The summed E-state index contributed by atoms with van der Waals surface area (Å²) in [5.74, 6) is 0. The summed E-state index contributed by atoms with van der Waals surface area (Å²) >= 11 is 1.26. The largest absolute Gasteiger partial charge is 0.319 e. The molecule has 1 rings (SSSR count). The Bertz CT molecular complexity index is 149. The van der Waals surface area contributed by atoms with Crippen molar-refractivity contribution < 1.29 is 0 Å². The Morgan fingerprint density at radius 3 is 3.22 bits per heavy atom. The van der Waals surface area contributed by atoms with Gasteiger partial charge in [0.1, 0.15) is 0 Å². The molecule has 50 valence electrons. The highest BCUT2D eigenvalue weighted by molar-refractivity contribution is 6.99. The van der Waals surface area contributed by atoms with E-state index in [1.165, 1.54) is 11.7 Å². The third kappa shape index (κ3) is 2.07. The quantitative estimate of drug-likeness (QED) is 0.661. The van der Waals surface area contributed by atoms with Gasteiger partial charge in [-0.15, -0.1) is 0 Å². The zero-order valence-corrected chi connectivity index (χ0v) is 6.11. The van der Waals surface area contributed by atoms with Crippen LogP contribution in [0.4, 0.5) is 0 Å². The molecule has 0 atom stereocenters. The monoisotopic (exact) mass is 143 g/mol. The molecule has 0 aliphatic carbocycles. The van der Waals surface area contributed by atoms with Crippen LogP contribution >= 0.6 is 11.7 Å². The first-order chi connectivity index (χ1) is 4.43. The third-order valence-electron chi connectivity index (χ3n) is 1.04. The van der Waals surface area contributed by atoms with Crippen molar-refractivity contribution in [3.63, 3.8) is 0 Å². The van der Waals surface area contributed by atoms with Gasteiger partial charge in [-0.1, -0.05) is 0 Å². The van der Waals surface area contributed by atoms with Crippen LogP contribution in [0.25, 0.3) is 0 Å². The molecule has 0 spiro atoms. The highest BCUT2D eigenvalue weighted by Gasteiger charge is 1.92. The van der Waals surface area contributed by atoms with Gasteiger partial charge in [-0.2, -0.15) is 8.75 Å². The van der Waals surface area contributed by atoms with Crippen molar-refractivity contribution in [3.05, 3.63) is 11.9 Å². The van der Waals surface area contributed by atoms with Crippen LogP contribution in [0.2, 0.25) is 0 Å². The van der Waals surface area contributed by atoms with Crippen molar-refractivity contribution in [1.29, 1.82) is 0 Å². The maximum atomic E-state index is 4.04. The van der Waals surface area contributed by atoms with Gasteiger partial charge in [0.2, 0.25) is 0 Å². The zero-order valence-electron chi connectivity index (χ0n) is 5.29. The van der Waals surface area contributed by atoms with Gasteiger partial charge in [-0.25, -0.2) is 0 Å². The van der Waals surface area contributed by atoms with Gasteiger partial charge in [0.15, 0.2) is 0 Å². The molecule has 0 bridgehead atoms. The second-order valence-electron chi connectivity index (χ2n) is 1.75. The van der Waals surface area contributed by atoms with Crippen molar-refractivity contribution >= 4 is 11.7 Å². The van der Waals surface area contributed by atoms with Crippen LogP contribution in [-0.2, 0) is 6.42 Å². The van der Waals surface area contributed by atoms with Crippen LogP contribution < -0.4 is 5.32 Å². The Morgan fingerprint density at radius 1 is 1.78 bits per heavy atom. The molecule has 0 unspecified atom stereocenters.